The van der Waals surface area contributed by atoms with Crippen LogP contribution in [0.5, 0.6) is 0 Å². The molecule has 1 fully saturated rings. The topological polar surface area (TPSA) is 92.8 Å². The van der Waals surface area contributed by atoms with Crippen molar-refractivity contribution in [2.75, 3.05) is 25.0 Å². The van der Waals surface area contributed by atoms with E-state index in [9.17, 15) is 18.0 Å². The van der Waals surface area contributed by atoms with Gasteiger partial charge in [0.1, 0.15) is 0 Å². The lowest BCUT2D eigenvalue weighted by Gasteiger charge is -2.30. The number of hydrogen-bond donors (Lipinski definition) is 1. The summed E-state index contributed by atoms with van der Waals surface area (Å²) in [6.45, 7) is 3.97. The summed E-state index contributed by atoms with van der Waals surface area (Å²) >= 11 is 0. The van der Waals surface area contributed by atoms with Gasteiger partial charge in [-0.1, -0.05) is 12.1 Å². The van der Waals surface area contributed by atoms with E-state index in [1.54, 1.807) is 18.2 Å². The number of benzene rings is 2. The van der Waals surface area contributed by atoms with Crippen molar-refractivity contribution in [2.45, 2.75) is 50.8 Å². The Bertz CT molecular complexity index is 1170. The molecule has 1 heterocycles. The Morgan fingerprint density at radius 3 is 2.45 bits per heavy atom. The van der Waals surface area contributed by atoms with Crippen molar-refractivity contribution in [1.82, 2.24) is 4.31 Å². The van der Waals surface area contributed by atoms with Gasteiger partial charge in [-0.2, -0.15) is 4.31 Å². The summed E-state index contributed by atoms with van der Waals surface area (Å²) in [6, 6.07) is 11.0. The van der Waals surface area contributed by atoms with Gasteiger partial charge >= 0.3 is 5.97 Å². The van der Waals surface area contributed by atoms with Crippen molar-refractivity contribution >= 4 is 27.6 Å². The Morgan fingerprint density at radius 1 is 1.00 bits per heavy atom. The number of aryl methyl sites for hydroxylation is 4. The van der Waals surface area contributed by atoms with Crippen LogP contribution in [0.1, 0.15) is 41.5 Å². The van der Waals surface area contributed by atoms with Crippen molar-refractivity contribution in [2.24, 2.45) is 5.92 Å². The van der Waals surface area contributed by atoms with E-state index in [2.05, 4.69) is 5.32 Å². The second-order valence-electron chi connectivity index (χ2n) is 8.92. The summed E-state index contributed by atoms with van der Waals surface area (Å²) in [7, 11) is -3.60. The molecule has 1 saturated heterocycles. The van der Waals surface area contributed by atoms with Gasteiger partial charge in [-0.25, -0.2) is 8.42 Å². The molecule has 2 aliphatic rings. The number of amides is 1. The molecular formula is C25H30N2O5S. The molecule has 0 spiro atoms. The molecular weight excluding hydrogens is 440 g/mol. The number of fused-ring (bicyclic) bond motifs is 1. The zero-order valence-corrected chi connectivity index (χ0v) is 19.9. The van der Waals surface area contributed by atoms with Crippen molar-refractivity contribution in [1.29, 1.82) is 0 Å². The highest BCUT2D eigenvalue weighted by atomic mass is 32.2. The quantitative estimate of drug-likeness (QED) is 0.654. The number of nitrogens with zero attached hydrogens (tertiary/aromatic N) is 1. The van der Waals surface area contributed by atoms with E-state index in [0.717, 1.165) is 30.4 Å². The zero-order chi connectivity index (χ0) is 23.6. The van der Waals surface area contributed by atoms with Crippen LogP contribution in [0.3, 0.4) is 0 Å². The van der Waals surface area contributed by atoms with Gasteiger partial charge in [-0.15, -0.1) is 0 Å². The van der Waals surface area contributed by atoms with Gasteiger partial charge in [0.2, 0.25) is 10.0 Å². The highest BCUT2D eigenvalue weighted by Crippen LogP contribution is 2.26. The molecule has 0 aromatic heterocycles. The van der Waals surface area contributed by atoms with Crippen molar-refractivity contribution in [3.63, 3.8) is 0 Å². The molecule has 1 aliphatic heterocycles. The average Bonchev–Trinajstić information content (AvgIpc) is 3.27. The van der Waals surface area contributed by atoms with Crippen LogP contribution < -0.4 is 5.32 Å². The lowest BCUT2D eigenvalue weighted by Crippen LogP contribution is -2.41. The first kappa shape index (κ1) is 23.4. The fraction of sp³-hybridized carbons (Fsp3) is 0.440. The highest BCUT2D eigenvalue weighted by Gasteiger charge is 2.33. The van der Waals surface area contributed by atoms with Gasteiger partial charge in [0, 0.05) is 18.8 Å². The SMILES string of the molecule is Cc1ccc(S(=O)(=O)N2CCC(C(=O)OCC(=O)Nc3ccc4c(c3)CCC4)CC2)cc1C. The largest absolute Gasteiger partial charge is 0.455 e. The average molecular weight is 471 g/mol. The smallest absolute Gasteiger partial charge is 0.309 e. The Balaban J connectivity index is 1.26. The standard InChI is InChI=1S/C25H30N2O5S/c1-17-6-9-23(14-18(17)2)33(30,31)27-12-10-20(11-13-27)25(29)32-16-24(28)26-22-8-7-19-4-3-5-21(19)15-22/h6-9,14-15,20H,3-5,10-13,16H2,1-2H3,(H,26,28). The Kier molecular flexibility index (Phi) is 6.86. The van der Waals surface area contributed by atoms with Gasteiger partial charge in [-0.3, -0.25) is 9.59 Å². The number of carbonyl (C=O) groups is 2. The number of nitrogens with one attached hydrogen (secondary N) is 1. The molecule has 0 radical (unpaired) electrons. The maximum absolute atomic E-state index is 12.9. The van der Waals surface area contributed by atoms with Crippen LogP contribution in [0.4, 0.5) is 5.69 Å². The number of ether oxygens (including phenoxy) is 1. The maximum atomic E-state index is 12.9. The van der Waals surface area contributed by atoms with Crippen LogP contribution in [0.2, 0.25) is 0 Å². The van der Waals surface area contributed by atoms with Crippen LogP contribution in [0, 0.1) is 19.8 Å². The number of sulfonamides is 1. The minimum absolute atomic E-state index is 0.246. The van der Waals surface area contributed by atoms with Gasteiger partial charge in [0.15, 0.2) is 6.61 Å². The summed E-state index contributed by atoms with van der Waals surface area (Å²) in [4.78, 5) is 24.9. The number of esters is 1. The van der Waals surface area contributed by atoms with E-state index in [0.29, 0.717) is 18.5 Å². The maximum Gasteiger partial charge on any atom is 0.309 e. The number of hydrogen-bond acceptors (Lipinski definition) is 5. The van der Waals surface area contributed by atoms with Crippen LogP contribution >= 0.6 is 0 Å². The Morgan fingerprint density at radius 2 is 1.73 bits per heavy atom. The fourth-order valence-electron chi connectivity index (χ4n) is 4.46. The third-order valence-corrected chi connectivity index (χ3v) is 8.53. The van der Waals surface area contributed by atoms with Gasteiger partial charge in [0.25, 0.3) is 5.91 Å². The first-order valence-electron chi connectivity index (χ1n) is 11.4. The molecule has 1 N–H and O–H groups in total. The minimum atomic E-state index is -3.60. The third-order valence-electron chi connectivity index (χ3n) is 6.63. The van der Waals surface area contributed by atoms with Crippen LogP contribution in [-0.4, -0.2) is 44.3 Å². The first-order valence-corrected chi connectivity index (χ1v) is 12.8. The number of anilines is 1. The summed E-state index contributed by atoms with van der Waals surface area (Å²) < 4.78 is 32.5. The number of piperidine rings is 1. The van der Waals surface area contributed by atoms with Gasteiger partial charge in [-0.05, 0) is 92.5 Å². The van der Waals surface area contributed by atoms with E-state index in [1.807, 2.05) is 32.0 Å². The summed E-state index contributed by atoms with van der Waals surface area (Å²) in [6.07, 6.45) is 3.97. The second kappa shape index (κ2) is 9.65. The van der Waals surface area contributed by atoms with Gasteiger partial charge < -0.3 is 10.1 Å². The molecule has 7 nitrogen and oxygen atoms in total. The minimum Gasteiger partial charge on any atom is -0.455 e. The normalized spacial score (nSPS) is 16.9. The lowest BCUT2D eigenvalue weighted by molar-refractivity contribution is -0.152. The van der Waals surface area contributed by atoms with Crippen LogP contribution in [0.25, 0.3) is 0 Å². The van der Waals surface area contributed by atoms with Crippen molar-refractivity contribution in [3.8, 4) is 0 Å². The number of rotatable bonds is 6. The molecule has 0 bridgehead atoms. The lowest BCUT2D eigenvalue weighted by atomic mass is 9.98. The van der Waals surface area contributed by atoms with E-state index in [1.165, 1.54) is 15.4 Å². The molecule has 2 aromatic carbocycles. The molecule has 0 unspecified atom stereocenters. The highest BCUT2D eigenvalue weighted by molar-refractivity contribution is 7.89. The van der Waals surface area contributed by atoms with E-state index in [4.69, 9.17) is 4.74 Å². The van der Waals surface area contributed by atoms with E-state index < -0.39 is 21.9 Å². The molecule has 8 heteroatoms. The number of carbonyl (C=O) groups excluding carboxylic acids is 2. The molecule has 1 amide bonds. The van der Waals surface area contributed by atoms with E-state index >= 15 is 0 Å². The monoisotopic (exact) mass is 470 g/mol. The summed E-state index contributed by atoms with van der Waals surface area (Å²) in [5.74, 6) is -1.25. The Labute approximate surface area is 195 Å². The molecule has 33 heavy (non-hydrogen) atoms. The predicted octanol–water partition coefficient (Wildman–Crippen LogP) is 3.37. The molecule has 2 aromatic rings. The predicted molar refractivity (Wildman–Crippen MR) is 125 cm³/mol. The zero-order valence-electron chi connectivity index (χ0n) is 19.1. The Hall–Kier alpha value is -2.71. The van der Waals surface area contributed by atoms with Crippen LogP contribution in [-0.2, 0) is 37.2 Å². The second-order valence-corrected chi connectivity index (χ2v) is 10.9. The van der Waals surface area contributed by atoms with Crippen molar-refractivity contribution < 1.29 is 22.7 Å². The molecule has 0 atom stereocenters. The third kappa shape index (κ3) is 5.28. The van der Waals surface area contributed by atoms with Crippen LogP contribution in [0.15, 0.2) is 41.3 Å². The van der Waals surface area contributed by atoms with Gasteiger partial charge in [0.05, 0.1) is 10.8 Å². The fourth-order valence-corrected chi connectivity index (χ4v) is 6.01. The summed E-state index contributed by atoms with van der Waals surface area (Å²) in [5.41, 5.74) is 5.25. The molecule has 176 valence electrons. The summed E-state index contributed by atoms with van der Waals surface area (Å²) in [5, 5.41) is 2.78. The molecule has 0 saturated carbocycles. The molecule has 1 aliphatic carbocycles. The van der Waals surface area contributed by atoms with E-state index in [-0.39, 0.29) is 30.5 Å². The first-order chi connectivity index (χ1) is 15.7. The van der Waals surface area contributed by atoms with Crippen molar-refractivity contribution in [3.05, 3.63) is 58.7 Å². The molecule has 4 rings (SSSR count).